The number of carboxylic acid groups (broad SMARTS) is 1. The van der Waals surface area contributed by atoms with E-state index in [1.807, 2.05) is 0 Å². The third-order valence-electron chi connectivity index (χ3n) is 4.68. The fraction of sp³-hybridized carbons (Fsp3) is 0.857. The van der Waals surface area contributed by atoms with Gasteiger partial charge in [0.2, 0.25) is 5.91 Å². The molecule has 2 rings (SSSR count). The van der Waals surface area contributed by atoms with Crippen molar-refractivity contribution in [2.45, 2.75) is 43.9 Å². The summed E-state index contributed by atoms with van der Waals surface area (Å²) in [6.45, 7) is 0.451. The minimum absolute atomic E-state index is 0.00338. The molecule has 9 heteroatoms. The lowest BCUT2D eigenvalue weighted by atomic mass is 9.83. The summed E-state index contributed by atoms with van der Waals surface area (Å²) < 4.78 is 28.8. The molecule has 1 aliphatic heterocycles. The molecule has 2 aliphatic rings. The van der Waals surface area contributed by atoms with Gasteiger partial charge in [-0.05, 0) is 31.6 Å². The van der Waals surface area contributed by atoms with Crippen LogP contribution in [0.4, 0.5) is 4.79 Å². The maximum Gasteiger partial charge on any atom is 0.405 e. The molecule has 8 nitrogen and oxygen atoms in total. The summed E-state index contributed by atoms with van der Waals surface area (Å²) in [5.41, 5.74) is 0. The largest absolute Gasteiger partial charge is 0.465 e. The maximum absolute atomic E-state index is 12.4. The van der Waals surface area contributed by atoms with Crippen molar-refractivity contribution < 1.29 is 27.9 Å². The first-order valence-corrected chi connectivity index (χ1v) is 9.77. The van der Waals surface area contributed by atoms with Crippen LogP contribution in [0, 0.1) is 5.92 Å². The second kappa shape index (κ2) is 7.04. The number of nitrogens with zero attached hydrogens (tertiary/aromatic N) is 1. The molecule has 1 saturated carbocycles. The molecule has 4 atom stereocenters. The lowest BCUT2D eigenvalue weighted by Crippen LogP contribution is -2.50. The van der Waals surface area contributed by atoms with Crippen LogP contribution in [0.15, 0.2) is 0 Å². The number of rotatable bonds is 5. The Morgan fingerprint density at radius 3 is 2.65 bits per heavy atom. The average molecular weight is 348 g/mol. The maximum atomic E-state index is 12.4. The first kappa shape index (κ1) is 18.0. The number of carbonyl (C=O) groups excluding carboxylic acids is 1. The fourth-order valence-corrected chi connectivity index (χ4v) is 4.85. The van der Waals surface area contributed by atoms with E-state index in [1.165, 1.54) is 6.26 Å². The Morgan fingerprint density at radius 1 is 1.39 bits per heavy atom. The molecule has 1 aliphatic carbocycles. The zero-order valence-electron chi connectivity index (χ0n) is 13.4. The number of ether oxygens (including phenoxy) is 1. The molecule has 0 aromatic heterocycles. The topological polar surface area (TPSA) is 113 Å². The van der Waals surface area contributed by atoms with Crippen LogP contribution in [0.25, 0.3) is 0 Å². The molecule has 0 unspecified atom stereocenters. The van der Waals surface area contributed by atoms with E-state index in [9.17, 15) is 18.0 Å². The van der Waals surface area contributed by atoms with E-state index < -0.39 is 22.0 Å². The van der Waals surface area contributed by atoms with E-state index >= 15 is 0 Å². The minimum atomic E-state index is -3.17. The van der Waals surface area contributed by atoms with Gasteiger partial charge in [-0.15, -0.1) is 0 Å². The number of carbonyl (C=O) groups is 2. The molecule has 23 heavy (non-hydrogen) atoms. The second-order valence-electron chi connectivity index (χ2n) is 6.41. The van der Waals surface area contributed by atoms with Gasteiger partial charge in [0.1, 0.15) is 15.9 Å². The molecular weight excluding hydrogens is 324 g/mol. The number of hydrogen-bond donors (Lipinski definition) is 2. The van der Waals surface area contributed by atoms with Gasteiger partial charge in [0, 0.05) is 26.0 Å². The molecule has 1 heterocycles. The predicted molar refractivity (Wildman–Crippen MR) is 82.9 cm³/mol. The Balaban J connectivity index is 2.12. The van der Waals surface area contributed by atoms with E-state index in [0.717, 1.165) is 6.42 Å². The van der Waals surface area contributed by atoms with Crippen molar-refractivity contribution in [3.63, 3.8) is 0 Å². The zero-order chi connectivity index (χ0) is 17.2. The quantitative estimate of drug-likeness (QED) is 0.728. The van der Waals surface area contributed by atoms with Crippen molar-refractivity contribution in [2.75, 3.05) is 25.7 Å². The van der Waals surface area contributed by atoms with Crippen LogP contribution in [0.5, 0.6) is 0 Å². The molecule has 1 saturated heterocycles. The Morgan fingerprint density at radius 2 is 2.09 bits per heavy atom. The molecule has 2 amide bonds. The van der Waals surface area contributed by atoms with Crippen molar-refractivity contribution >= 4 is 21.8 Å². The standard InChI is InChI=1S/C14H24N2O6S/c1-22-10-3-4-12(9(7-10)8-23(2,20)21)16-6-5-11(13(16)17)15-14(18)19/h9-12,15H,3-8H2,1-2H3,(H,18,19)/t9-,10-,11+,12+/m1/s1. The summed E-state index contributed by atoms with van der Waals surface area (Å²) in [4.78, 5) is 24.8. The van der Waals surface area contributed by atoms with E-state index in [0.29, 0.717) is 25.8 Å². The second-order valence-corrected chi connectivity index (χ2v) is 8.60. The number of nitrogens with one attached hydrogen (secondary N) is 1. The van der Waals surface area contributed by atoms with Crippen LogP contribution in [-0.4, -0.2) is 74.3 Å². The van der Waals surface area contributed by atoms with Crippen LogP contribution < -0.4 is 5.32 Å². The molecule has 0 spiro atoms. The zero-order valence-corrected chi connectivity index (χ0v) is 14.2. The van der Waals surface area contributed by atoms with E-state index in [1.54, 1.807) is 12.0 Å². The Bertz CT molecular complexity index is 564. The van der Waals surface area contributed by atoms with Crippen molar-refractivity contribution in [1.82, 2.24) is 10.2 Å². The van der Waals surface area contributed by atoms with Gasteiger partial charge in [-0.2, -0.15) is 0 Å². The van der Waals surface area contributed by atoms with Crippen molar-refractivity contribution in [2.24, 2.45) is 5.92 Å². The first-order valence-electron chi connectivity index (χ1n) is 7.71. The van der Waals surface area contributed by atoms with Crippen LogP contribution in [-0.2, 0) is 19.4 Å². The van der Waals surface area contributed by atoms with Gasteiger partial charge in [-0.3, -0.25) is 4.79 Å². The molecule has 2 fully saturated rings. The third-order valence-corrected chi connectivity index (χ3v) is 5.72. The van der Waals surface area contributed by atoms with Gasteiger partial charge in [0.05, 0.1) is 11.9 Å². The smallest absolute Gasteiger partial charge is 0.405 e. The summed E-state index contributed by atoms with van der Waals surface area (Å²) in [6.07, 6.45) is 2.42. The van der Waals surface area contributed by atoms with Gasteiger partial charge >= 0.3 is 6.09 Å². The molecule has 132 valence electrons. The molecule has 0 bridgehead atoms. The highest BCUT2D eigenvalue weighted by Gasteiger charge is 2.43. The van der Waals surface area contributed by atoms with Crippen molar-refractivity contribution in [3.8, 4) is 0 Å². The van der Waals surface area contributed by atoms with E-state index in [2.05, 4.69) is 5.32 Å². The van der Waals surface area contributed by atoms with Crippen LogP contribution in [0.2, 0.25) is 0 Å². The van der Waals surface area contributed by atoms with Crippen LogP contribution in [0.1, 0.15) is 25.7 Å². The molecular formula is C14H24N2O6S. The van der Waals surface area contributed by atoms with Gasteiger partial charge in [-0.25, -0.2) is 13.2 Å². The van der Waals surface area contributed by atoms with Gasteiger partial charge in [0.25, 0.3) is 0 Å². The number of likely N-dealkylation sites (tertiary alicyclic amines) is 1. The lowest BCUT2D eigenvalue weighted by molar-refractivity contribution is -0.133. The normalized spacial score (nSPS) is 32.1. The minimum Gasteiger partial charge on any atom is -0.465 e. The van der Waals surface area contributed by atoms with E-state index in [-0.39, 0.29) is 29.7 Å². The van der Waals surface area contributed by atoms with Crippen LogP contribution in [0.3, 0.4) is 0 Å². The van der Waals surface area contributed by atoms with Crippen LogP contribution >= 0.6 is 0 Å². The first-order chi connectivity index (χ1) is 10.7. The Labute approximate surface area is 136 Å². The third kappa shape index (κ3) is 4.57. The summed E-state index contributed by atoms with van der Waals surface area (Å²) >= 11 is 0. The van der Waals surface area contributed by atoms with Crippen molar-refractivity contribution in [1.29, 1.82) is 0 Å². The number of methoxy groups -OCH3 is 1. The van der Waals surface area contributed by atoms with Gasteiger partial charge < -0.3 is 20.1 Å². The Hall–Kier alpha value is -1.35. The lowest BCUT2D eigenvalue weighted by Gasteiger charge is -2.40. The highest BCUT2D eigenvalue weighted by atomic mass is 32.2. The fourth-order valence-electron chi connectivity index (χ4n) is 3.71. The van der Waals surface area contributed by atoms with E-state index in [4.69, 9.17) is 9.84 Å². The Kier molecular flexibility index (Phi) is 5.51. The van der Waals surface area contributed by atoms with Gasteiger partial charge in [0.15, 0.2) is 0 Å². The van der Waals surface area contributed by atoms with Gasteiger partial charge in [-0.1, -0.05) is 0 Å². The number of hydrogen-bond acceptors (Lipinski definition) is 5. The molecule has 2 N–H and O–H groups in total. The average Bonchev–Trinajstić information content (AvgIpc) is 2.78. The monoisotopic (exact) mass is 348 g/mol. The number of sulfone groups is 1. The summed E-state index contributed by atoms with van der Waals surface area (Å²) in [5.74, 6) is -0.429. The summed E-state index contributed by atoms with van der Waals surface area (Å²) in [7, 11) is -1.56. The molecule has 0 aromatic carbocycles. The molecule has 0 radical (unpaired) electrons. The molecule has 0 aromatic rings. The highest BCUT2D eigenvalue weighted by molar-refractivity contribution is 7.90. The highest BCUT2D eigenvalue weighted by Crippen LogP contribution is 2.33. The summed E-state index contributed by atoms with van der Waals surface area (Å²) in [5, 5.41) is 11.0. The SMILES string of the molecule is CO[C@@H]1CC[C@H](N2CC[C@H](NC(=O)O)C2=O)[C@@H](CS(C)(=O)=O)C1. The predicted octanol–water partition coefficient (Wildman–Crippen LogP) is 0.0832. The summed E-state index contributed by atoms with van der Waals surface area (Å²) in [6, 6.07) is -0.907. The number of amides is 2. The van der Waals surface area contributed by atoms with Crippen molar-refractivity contribution in [3.05, 3.63) is 0 Å².